The van der Waals surface area contributed by atoms with Gasteiger partial charge in [-0.1, -0.05) is 11.6 Å². The highest BCUT2D eigenvalue weighted by Gasteiger charge is 2.22. The van der Waals surface area contributed by atoms with E-state index in [4.69, 9.17) is 17.0 Å². The van der Waals surface area contributed by atoms with Crippen molar-refractivity contribution in [3.63, 3.8) is 0 Å². The molecule has 164 valence electrons. The van der Waals surface area contributed by atoms with Crippen LogP contribution in [-0.4, -0.2) is 34.7 Å². The first-order valence-electron chi connectivity index (χ1n) is 9.26. The fourth-order valence-electron chi connectivity index (χ4n) is 2.46. The van der Waals surface area contributed by atoms with E-state index in [1.165, 1.54) is 12.4 Å². The number of carbonyl (C=O) groups excluding carboxylic acids is 1. The van der Waals surface area contributed by atoms with Gasteiger partial charge in [0.1, 0.15) is 10.8 Å². The van der Waals surface area contributed by atoms with Gasteiger partial charge in [0, 0.05) is 30.6 Å². The molecule has 0 aliphatic heterocycles. The molecule has 0 spiro atoms. The Balaban J connectivity index is 1.62. The van der Waals surface area contributed by atoms with Crippen molar-refractivity contribution in [1.29, 1.82) is 5.41 Å². The van der Waals surface area contributed by atoms with Crippen LogP contribution in [0.1, 0.15) is 18.4 Å². The summed E-state index contributed by atoms with van der Waals surface area (Å²) in [6.07, 6.45) is 5.60. The predicted octanol–water partition coefficient (Wildman–Crippen LogP) is 2.93. The van der Waals surface area contributed by atoms with E-state index in [0.717, 1.165) is 25.1 Å². The van der Waals surface area contributed by atoms with Crippen LogP contribution in [-0.2, 0) is 11.3 Å². The van der Waals surface area contributed by atoms with Crippen molar-refractivity contribution >= 4 is 35.5 Å². The standard InChI is InChI=1S/C19H19ClF3N7O/c20-13-8-27-19(29-11(5-24)6-25-9-16(31)28-10-1-2-10)30-18(13)26-7-12-14(21)3-4-15(22)17(12)23/h3-6,8,10,24-25H,1-2,7,9H2,(H,28,31)(H2,26,27,29,30)/b11-6+,24-5?. The van der Waals surface area contributed by atoms with Gasteiger partial charge in [0.05, 0.1) is 18.4 Å². The number of aromatic nitrogens is 2. The van der Waals surface area contributed by atoms with Gasteiger partial charge in [-0.05, 0) is 25.0 Å². The molecule has 1 amide bonds. The van der Waals surface area contributed by atoms with Crippen LogP contribution in [0.2, 0.25) is 5.02 Å². The lowest BCUT2D eigenvalue weighted by Crippen LogP contribution is -2.33. The molecule has 1 fully saturated rings. The summed E-state index contributed by atoms with van der Waals surface area (Å²) in [5.41, 5.74) is -0.257. The van der Waals surface area contributed by atoms with Gasteiger partial charge < -0.3 is 26.7 Å². The molecule has 2 aromatic rings. The number of hydrogen-bond acceptors (Lipinski definition) is 7. The van der Waals surface area contributed by atoms with Crippen LogP contribution >= 0.6 is 11.6 Å². The molecule has 12 heteroatoms. The van der Waals surface area contributed by atoms with Crippen molar-refractivity contribution in [2.45, 2.75) is 25.4 Å². The van der Waals surface area contributed by atoms with Crippen LogP contribution < -0.4 is 21.3 Å². The predicted molar refractivity (Wildman–Crippen MR) is 110 cm³/mol. The van der Waals surface area contributed by atoms with Gasteiger partial charge in [-0.15, -0.1) is 0 Å². The first kappa shape index (κ1) is 22.3. The molecule has 31 heavy (non-hydrogen) atoms. The van der Waals surface area contributed by atoms with E-state index in [9.17, 15) is 18.0 Å². The Morgan fingerprint density at radius 1 is 1.26 bits per heavy atom. The van der Waals surface area contributed by atoms with Crippen LogP contribution in [0, 0.1) is 22.9 Å². The lowest BCUT2D eigenvalue weighted by molar-refractivity contribution is -0.120. The normalized spacial score (nSPS) is 13.5. The first-order chi connectivity index (χ1) is 14.9. The van der Waals surface area contributed by atoms with E-state index in [2.05, 4.69) is 31.2 Å². The summed E-state index contributed by atoms with van der Waals surface area (Å²) in [5.74, 6) is -3.47. The van der Waals surface area contributed by atoms with E-state index in [0.29, 0.717) is 6.07 Å². The van der Waals surface area contributed by atoms with Crippen molar-refractivity contribution in [2.24, 2.45) is 0 Å². The van der Waals surface area contributed by atoms with E-state index in [1.54, 1.807) is 0 Å². The fraction of sp³-hybridized carbons (Fsp3) is 0.263. The van der Waals surface area contributed by atoms with Gasteiger partial charge in [-0.3, -0.25) is 4.79 Å². The highest BCUT2D eigenvalue weighted by molar-refractivity contribution is 6.32. The molecule has 1 aromatic carbocycles. The van der Waals surface area contributed by atoms with E-state index in [-0.39, 0.29) is 41.0 Å². The highest BCUT2D eigenvalue weighted by Crippen LogP contribution is 2.22. The Morgan fingerprint density at radius 3 is 2.71 bits per heavy atom. The highest BCUT2D eigenvalue weighted by atomic mass is 35.5. The number of hydrogen-bond donors (Lipinski definition) is 5. The summed E-state index contributed by atoms with van der Waals surface area (Å²) < 4.78 is 40.9. The third-order valence-corrected chi connectivity index (χ3v) is 4.47. The number of carbonyl (C=O) groups is 1. The molecule has 0 radical (unpaired) electrons. The minimum absolute atomic E-state index is 0.0334. The Morgan fingerprint density at radius 2 is 2.00 bits per heavy atom. The monoisotopic (exact) mass is 453 g/mol. The fourth-order valence-corrected chi connectivity index (χ4v) is 2.62. The van der Waals surface area contributed by atoms with Crippen LogP contribution in [0.4, 0.5) is 24.9 Å². The number of anilines is 2. The van der Waals surface area contributed by atoms with Gasteiger partial charge in [0.15, 0.2) is 17.5 Å². The van der Waals surface area contributed by atoms with E-state index >= 15 is 0 Å². The molecule has 8 nitrogen and oxygen atoms in total. The molecule has 3 rings (SSSR count). The third-order valence-electron chi connectivity index (χ3n) is 4.19. The average molecular weight is 454 g/mol. The van der Waals surface area contributed by atoms with Gasteiger partial charge in [-0.2, -0.15) is 4.98 Å². The molecule has 1 aliphatic rings. The van der Waals surface area contributed by atoms with Crippen LogP contribution in [0.3, 0.4) is 0 Å². The summed E-state index contributed by atoms with van der Waals surface area (Å²) >= 11 is 6.02. The summed E-state index contributed by atoms with van der Waals surface area (Å²) in [5, 5.41) is 18.5. The molecule has 1 aliphatic carbocycles. The molecule has 0 atom stereocenters. The first-order valence-corrected chi connectivity index (χ1v) is 9.64. The lowest BCUT2D eigenvalue weighted by atomic mass is 10.2. The molecule has 5 N–H and O–H groups in total. The van der Waals surface area contributed by atoms with Crippen molar-refractivity contribution in [3.8, 4) is 0 Å². The second kappa shape index (κ2) is 10.1. The SMILES string of the molecule is N=C/C(=C\NCC(=O)NC1CC1)Nc1ncc(Cl)c(NCc2c(F)ccc(F)c2F)n1. The zero-order chi connectivity index (χ0) is 22.4. The number of nitrogens with one attached hydrogen (secondary N) is 5. The maximum absolute atomic E-state index is 13.8. The number of nitrogens with zero attached hydrogens (tertiary/aromatic N) is 2. The zero-order valence-corrected chi connectivity index (χ0v) is 16.9. The lowest BCUT2D eigenvalue weighted by Gasteiger charge is -2.12. The molecule has 0 bridgehead atoms. The topological polar surface area (TPSA) is 115 Å². The average Bonchev–Trinajstić information content (AvgIpc) is 3.56. The molecule has 1 aromatic heterocycles. The molecule has 0 unspecified atom stereocenters. The van der Waals surface area contributed by atoms with Crippen LogP contribution in [0.5, 0.6) is 0 Å². The number of allylic oxidation sites excluding steroid dienone is 1. The number of amides is 1. The third kappa shape index (κ3) is 6.32. The second-order valence-corrected chi connectivity index (χ2v) is 7.06. The van der Waals surface area contributed by atoms with Gasteiger partial charge >= 0.3 is 0 Å². The maximum Gasteiger partial charge on any atom is 0.239 e. The summed E-state index contributed by atoms with van der Waals surface area (Å²) in [7, 11) is 0. The molecule has 1 saturated carbocycles. The van der Waals surface area contributed by atoms with Crippen molar-refractivity contribution in [1.82, 2.24) is 20.6 Å². The van der Waals surface area contributed by atoms with Crippen molar-refractivity contribution in [3.05, 3.63) is 58.3 Å². The Labute approximate surface area is 180 Å². The quantitative estimate of drug-likeness (QED) is 0.279. The molecule has 1 heterocycles. The smallest absolute Gasteiger partial charge is 0.239 e. The Hall–Kier alpha value is -3.34. The van der Waals surface area contributed by atoms with Crippen molar-refractivity contribution in [2.75, 3.05) is 17.2 Å². The molecular formula is C19H19ClF3N7O. The molecule has 0 saturated heterocycles. The Bertz CT molecular complexity index is 1010. The van der Waals surface area contributed by atoms with Gasteiger partial charge in [-0.25, -0.2) is 18.2 Å². The van der Waals surface area contributed by atoms with Crippen LogP contribution in [0.25, 0.3) is 0 Å². The largest absolute Gasteiger partial charge is 0.380 e. The number of rotatable bonds is 10. The summed E-state index contributed by atoms with van der Waals surface area (Å²) in [6, 6.07) is 1.77. The van der Waals surface area contributed by atoms with Gasteiger partial charge in [0.2, 0.25) is 11.9 Å². The number of halogens is 4. The Kier molecular flexibility index (Phi) is 7.29. The minimum atomic E-state index is -1.30. The maximum atomic E-state index is 13.8. The minimum Gasteiger partial charge on any atom is -0.380 e. The summed E-state index contributed by atoms with van der Waals surface area (Å²) in [4.78, 5) is 19.7. The van der Waals surface area contributed by atoms with E-state index in [1.807, 2.05) is 0 Å². The van der Waals surface area contributed by atoms with E-state index < -0.39 is 29.6 Å². The van der Waals surface area contributed by atoms with Crippen LogP contribution in [0.15, 0.2) is 30.2 Å². The second-order valence-electron chi connectivity index (χ2n) is 6.66. The van der Waals surface area contributed by atoms with Gasteiger partial charge in [0.25, 0.3) is 0 Å². The number of benzene rings is 1. The zero-order valence-electron chi connectivity index (χ0n) is 16.1. The summed E-state index contributed by atoms with van der Waals surface area (Å²) in [6.45, 7) is -0.370. The van der Waals surface area contributed by atoms with Crippen molar-refractivity contribution < 1.29 is 18.0 Å². The molecular weight excluding hydrogens is 435 g/mol.